The molecule has 1 heterocycles. The molecule has 3 aromatic rings. The predicted molar refractivity (Wildman–Crippen MR) is 106 cm³/mol. The number of ketones is 1. The minimum absolute atomic E-state index is 0.0857. The second-order valence-electron chi connectivity index (χ2n) is 6.80. The average Bonchev–Trinajstić information content (AvgIpc) is 2.66. The van der Waals surface area contributed by atoms with Crippen LogP contribution < -0.4 is 5.32 Å². The van der Waals surface area contributed by atoms with Gasteiger partial charge in [-0.2, -0.15) is 0 Å². The lowest BCUT2D eigenvalue weighted by Gasteiger charge is -2.14. The number of carbonyl (C=O) groups excluding carboxylic acids is 1. The minimum Gasteiger partial charge on any atom is -0.396 e. The number of hydrogen-bond acceptors (Lipinski definition) is 4. The zero-order valence-corrected chi connectivity index (χ0v) is 15.2. The van der Waals surface area contributed by atoms with Crippen molar-refractivity contribution in [1.82, 2.24) is 4.98 Å². The first-order valence-electron chi connectivity index (χ1n) is 8.94. The summed E-state index contributed by atoms with van der Waals surface area (Å²) < 4.78 is 0. The van der Waals surface area contributed by atoms with Crippen LogP contribution in [0.3, 0.4) is 0 Å². The Morgan fingerprint density at radius 1 is 1.15 bits per heavy atom. The monoisotopic (exact) mass is 348 g/mol. The summed E-state index contributed by atoms with van der Waals surface area (Å²) >= 11 is 0. The van der Waals surface area contributed by atoms with Crippen LogP contribution in [0.1, 0.15) is 35.7 Å². The van der Waals surface area contributed by atoms with E-state index in [9.17, 15) is 4.79 Å². The Balaban J connectivity index is 1.88. The Labute approximate surface area is 153 Å². The fourth-order valence-electron chi connectivity index (χ4n) is 2.95. The third kappa shape index (κ3) is 4.09. The topological polar surface area (TPSA) is 62.2 Å². The van der Waals surface area contributed by atoms with Gasteiger partial charge in [0.15, 0.2) is 5.78 Å². The number of anilines is 2. The van der Waals surface area contributed by atoms with Crippen molar-refractivity contribution in [1.29, 1.82) is 0 Å². The van der Waals surface area contributed by atoms with Crippen LogP contribution >= 0.6 is 0 Å². The summed E-state index contributed by atoms with van der Waals surface area (Å²) in [5.41, 5.74) is 4.49. The van der Waals surface area contributed by atoms with Crippen LogP contribution in [0, 0.1) is 12.8 Å². The zero-order chi connectivity index (χ0) is 18.5. The van der Waals surface area contributed by atoms with Gasteiger partial charge in [0, 0.05) is 41.5 Å². The number of nitrogens with one attached hydrogen (secondary N) is 1. The number of fused-ring (bicyclic) bond motifs is 1. The van der Waals surface area contributed by atoms with Crippen molar-refractivity contribution < 1.29 is 9.90 Å². The maximum atomic E-state index is 12.7. The molecule has 0 fully saturated rings. The maximum absolute atomic E-state index is 12.7. The number of nitrogens with zero attached hydrogens (tertiary/aromatic N) is 1. The summed E-state index contributed by atoms with van der Waals surface area (Å²) in [4.78, 5) is 17.1. The highest BCUT2D eigenvalue weighted by Crippen LogP contribution is 2.28. The first-order valence-corrected chi connectivity index (χ1v) is 8.94. The molecule has 3 rings (SSSR count). The van der Waals surface area contributed by atoms with Crippen molar-refractivity contribution >= 4 is 28.1 Å². The van der Waals surface area contributed by atoms with Crippen molar-refractivity contribution in [2.45, 2.75) is 26.7 Å². The van der Waals surface area contributed by atoms with E-state index in [4.69, 9.17) is 5.11 Å². The fourth-order valence-corrected chi connectivity index (χ4v) is 2.95. The van der Waals surface area contributed by atoms with Gasteiger partial charge in [0.2, 0.25) is 0 Å². The number of hydrogen-bond donors (Lipinski definition) is 2. The zero-order valence-electron chi connectivity index (χ0n) is 15.2. The first-order chi connectivity index (χ1) is 12.6. The Morgan fingerprint density at radius 3 is 2.77 bits per heavy atom. The van der Waals surface area contributed by atoms with E-state index in [-0.39, 0.29) is 18.3 Å². The highest BCUT2D eigenvalue weighted by molar-refractivity contribution is 6.03. The van der Waals surface area contributed by atoms with Crippen molar-refractivity contribution in [2.24, 2.45) is 5.92 Å². The van der Waals surface area contributed by atoms with E-state index in [1.807, 2.05) is 56.3 Å². The van der Waals surface area contributed by atoms with E-state index in [1.165, 1.54) is 0 Å². The summed E-state index contributed by atoms with van der Waals surface area (Å²) in [6.07, 6.45) is 2.88. The van der Waals surface area contributed by atoms with Gasteiger partial charge >= 0.3 is 0 Å². The van der Waals surface area contributed by atoms with Crippen molar-refractivity contribution in [3.8, 4) is 0 Å². The standard InChI is InChI=1S/C22H24N2O2/c1-15-7-9-17-20(11-12-23-21(17)13-15)24-19-6-4-3-5-18(19)22(26)10-8-16(2)14-25/h3-7,9,11-13,16,25H,8,10,14H2,1-2H3,(H,23,24). The number of aliphatic hydroxyl groups is 1. The molecule has 0 saturated carbocycles. The summed E-state index contributed by atoms with van der Waals surface area (Å²) in [6.45, 7) is 4.10. The quantitative estimate of drug-likeness (QED) is 0.598. The fraction of sp³-hybridized carbons (Fsp3) is 0.273. The van der Waals surface area contributed by atoms with Crippen LogP contribution in [0.25, 0.3) is 10.9 Å². The number of Topliss-reactive ketones (excluding diaryl/α,β-unsaturated/α-hetero) is 1. The van der Waals surface area contributed by atoms with E-state index in [0.29, 0.717) is 18.4 Å². The molecule has 4 heteroatoms. The van der Waals surface area contributed by atoms with Crippen molar-refractivity contribution in [2.75, 3.05) is 11.9 Å². The third-order valence-corrected chi connectivity index (χ3v) is 4.57. The van der Waals surface area contributed by atoms with Gasteiger partial charge in [-0.1, -0.05) is 31.2 Å². The average molecular weight is 348 g/mol. The molecule has 0 aliphatic heterocycles. The summed E-state index contributed by atoms with van der Waals surface area (Å²) in [6, 6.07) is 15.6. The molecule has 0 saturated heterocycles. The predicted octanol–water partition coefficient (Wildman–Crippen LogP) is 4.88. The number of aliphatic hydroxyl groups excluding tert-OH is 1. The van der Waals surface area contributed by atoms with Crippen LogP contribution in [0.2, 0.25) is 0 Å². The SMILES string of the molecule is Cc1ccc2c(Nc3ccccc3C(=O)CCC(C)CO)ccnc2c1. The molecule has 0 spiro atoms. The van der Waals surface area contributed by atoms with E-state index >= 15 is 0 Å². The van der Waals surface area contributed by atoms with Gasteiger partial charge in [-0.15, -0.1) is 0 Å². The maximum Gasteiger partial charge on any atom is 0.164 e. The lowest BCUT2D eigenvalue weighted by molar-refractivity contribution is 0.0969. The van der Waals surface area contributed by atoms with Crippen molar-refractivity contribution in [3.63, 3.8) is 0 Å². The second-order valence-corrected chi connectivity index (χ2v) is 6.80. The molecule has 0 amide bonds. The highest BCUT2D eigenvalue weighted by atomic mass is 16.3. The van der Waals surface area contributed by atoms with Gasteiger partial charge in [0.1, 0.15) is 0 Å². The van der Waals surface area contributed by atoms with Gasteiger partial charge in [-0.3, -0.25) is 9.78 Å². The molecule has 0 aliphatic rings. The van der Waals surface area contributed by atoms with Gasteiger partial charge in [-0.05, 0) is 49.1 Å². The second kappa shape index (κ2) is 8.11. The largest absolute Gasteiger partial charge is 0.396 e. The molecule has 0 aliphatic carbocycles. The number of aryl methyl sites for hydroxylation is 1. The van der Waals surface area contributed by atoms with Crippen LogP contribution in [0.4, 0.5) is 11.4 Å². The molecular weight excluding hydrogens is 324 g/mol. The van der Waals surface area contributed by atoms with E-state index in [2.05, 4.69) is 16.4 Å². The van der Waals surface area contributed by atoms with Crippen LogP contribution in [0.15, 0.2) is 54.7 Å². The minimum atomic E-state index is 0.0857. The molecule has 1 atom stereocenters. The number of para-hydroxylation sites is 1. The molecule has 134 valence electrons. The summed E-state index contributed by atoms with van der Waals surface area (Å²) in [5, 5.41) is 13.6. The Hall–Kier alpha value is -2.72. The number of benzene rings is 2. The molecule has 0 radical (unpaired) electrons. The Morgan fingerprint density at radius 2 is 1.96 bits per heavy atom. The number of aromatic nitrogens is 1. The molecule has 1 unspecified atom stereocenters. The van der Waals surface area contributed by atoms with Crippen molar-refractivity contribution in [3.05, 3.63) is 65.9 Å². The Bertz CT molecular complexity index is 921. The van der Waals surface area contributed by atoms with Crippen LogP contribution in [-0.2, 0) is 0 Å². The molecule has 2 N–H and O–H groups in total. The summed E-state index contributed by atoms with van der Waals surface area (Å²) in [7, 11) is 0. The normalized spacial score (nSPS) is 12.1. The van der Waals surface area contributed by atoms with Gasteiger partial charge in [0.25, 0.3) is 0 Å². The van der Waals surface area contributed by atoms with Crippen LogP contribution in [-0.4, -0.2) is 22.5 Å². The third-order valence-electron chi connectivity index (χ3n) is 4.57. The Kier molecular flexibility index (Phi) is 5.64. The van der Waals surface area contributed by atoms with Gasteiger partial charge < -0.3 is 10.4 Å². The van der Waals surface area contributed by atoms with E-state index in [0.717, 1.165) is 27.8 Å². The number of rotatable bonds is 7. The number of pyridine rings is 1. The van der Waals surface area contributed by atoms with Gasteiger partial charge in [-0.25, -0.2) is 0 Å². The van der Waals surface area contributed by atoms with Crippen LogP contribution in [0.5, 0.6) is 0 Å². The molecule has 26 heavy (non-hydrogen) atoms. The summed E-state index contributed by atoms with van der Waals surface area (Å²) in [5.74, 6) is 0.217. The van der Waals surface area contributed by atoms with Gasteiger partial charge in [0.05, 0.1) is 5.52 Å². The first kappa shape index (κ1) is 18.1. The molecule has 4 nitrogen and oxygen atoms in total. The van der Waals surface area contributed by atoms with E-state index < -0.39 is 0 Å². The van der Waals surface area contributed by atoms with E-state index in [1.54, 1.807) is 6.20 Å². The molecular formula is C22H24N2O2. The molecule has 2 aromatic carbocycles. The molecule has 1 aromatic heterocycles. The lowest BCUT2D eigenvalue weighted by Crippen LogP contribution is -2.08. The molecule has 0 bridgehead atoms. The lowest BCUT2D eigenvalue weighted by atomic mass is 9.99. The smallest absolute Gasteiger partial charge is 0.164 e. The number of carbonyl (C=O) groups is 1. The highest BCUT2D eigenvalue weighted by Gasteiger charge is 2.13.